The van der Waals surface area contributed by atoms with Crippen LogP contribution in [0.3, 0.4) is 0 Å². The quantitative estimate of drug-likeness (QED) is 0.465. The average Bonchev–Trinajstić information content (AvgIpc) is 2.74. The fraction of sp³-hybridized carbons (Fsp3) is 0.273. The van der Waals surface area contributed by atoms with Crippen LogP contribution in [0.4, 0.5) is 11.5 Å². The van der Waals surface area contributed by atoms with Gasteiger partial charge in [-0.05, 0) is 18.1 Å². The number of nitrogens with two attached hydrogens (primary N) is 1. The van der Waals surface area contributed by atoms with E-state index in [-0.39, 0.29) is 42.8 Å². The maximum atomic E-state index is 13.1. The fourth-order valence-electron chi connectivity index (χ4n) is 3.29. The number of nitrogens with zero attached hydrogens (tertiary/aromatic N) is 3. The van der Waals surface area contributed by atoms with Crippen molar-refractivity contribution in [1.82, 2.24) is 9.55 Å². The molecule has 3 aromatic rings. The molecule has 1 amide bonds. The Morgan fingerprint density at radius 2 is 1.94 bits per heavy atom. The number of unbranched alkanes of at least 4 members (excludes halogenated alkanes) is 1. The van der Waals surface area contributed by atoms with Crippen molar-refractivity contribution >= 4 is 17.4 Å². The number of anilines is 2. The number of aromatic amines is 1. The molecular formula is C22H26N5O4+. The first-order valence-electron chi connectivity index (χ1n) is 10.1. The Labute approximate surface area is 179 Å². The standard InChI is InChI=1S/C22H25N5O4/c1-2-3-12-26(18(29)15-25-11-7-10-17(28)14-25)19-20(23)27(22(31)24-21(19)30)13-16-8-5-4-6-9-16/h4-11,14H,2-3,12-13,15H2,1H3,(H3-,23,24,28,30,31)/p+1. The van der Waals surface area contributed by atoms with Crippen LogP contribution in [0.5, 0.6) is 5.75 Å². The number of carbonyl (C=O) groups is 1. The zero-order chi connectivity index (χ0) is 22.4. The summed E-state index contributed by atoms with van der Waals surface area (Å²) in [5.74, 6) is -0.432. The molecule has 1 aromatic carbocycles. The smallest absolute Gasteiger partial charge is 0.330 e. The van der Waals surface area contributed by atoms with E-state index < -0.39 is 11.2 Å². The van der Waals surface area contributed by atoms with E-state index in [0.29, 0.717) is 6.42 Å². The second kappa shape index (κ2) is 9.75. The van der Waals surface area contributed by atoms with Gasteiger partial charge >= 0.3 is 5.69 Å². The number of nitrogens with one attached hydrogen (secondary N) is 1. The topological polar surface area (TPSA) is 125 Å². The highest BCUT2D eigenvalue weighted by atomic mass is 16.3. The summed E-state index contributed by atoms with van der Waals surface area (Å²) in [5.41, 5.74) is 5.70. The molecule has 31 heavy (non-hydrogen) atoms. The minimum atomic E-state index is -0.711. The number of pyridine rings is 1. The van der Waals surface area contributed by atoms with Gasteiger partial charge in [-0.3, -0.25) is 24.0 Å². The number of amides is 1. The molecule has 0 aliphatic carbocycles. The molecule has 0 aliphatic rings. The van der Waals surface area contributed by atoms with E-state index in [9.17, 15) is 19.5 Å². The number of aromatic hydroxyl groups is 1. The second-order valence-corrected chi connectivity index (χ2v) is 7.20. The third-order valence-electron chi connectivity index (χ3n) is 4.86. The molecule has 2 aromatic heterocycles. The molecule has 0 unspecified atom stereocenters. The molecule has 4 N–H and O–H groups in total. The molecule has 0 radical (unpaired) electrons. The van der Waals surface area contributed by atoms with E-state index in [1.165, 1.54) is 26.3 Å². The highest BCUT2D eigenvalue weighted by molar-refractivity contribution is 5.94. The van der Waals surface area contributed by atoms with Gasteiger partial charge in [0.1, 0.15) is 5.82 Å². The van der Waals surface area contributed by atoms with Crippen LogP contribution in [0.15, 0.2) is 64.4 Å². The first kappa shape index (κ1) is 21.8. The predicted molar refractivity (Wildman–Crippen MR) is 117 cm³/mol. The second-order valence-electron chi connectivity index (χ2n) is 7.20. The Morgan fingerprint density at radius 1 is 1.19 bits per heavy atom. The molecule has 0 bridgehead atoms. The van der Waals surface area contributed by atoms with Crippen LogP contribution in [-0.4, -0.2) is 27.1 Å². The highest BCUT2D eigenvalue weighted by Gasteiger charge is 2.26. The first-order valence-corrected chi connectivity index (χ1v) is 10.1. The van der Waals surface area contributed by atoms with E-state index >= 15 is 0 Å². The minimum absolute atomic E-state index is 0.0178. The van der Waals surface area contributed by atoms with E-state index in [1.807, 2.05) is 37.3 Å². The van der Waals surface area contributed by atoms with Gasteiger partial charge in [0.2, 0.25) is 12.7 Å². The Kier molecular flexibility index (Phi) is 6.86. The van der Waals surface area contributed by atoms with Crippen LogP contribution >= 0.6 is 0 Å². The fourth-order valence-corrected chi connectivity index (χ4v) is 3.29. The zero-order valence-electron chi connectivity index (χ0n) is 17.3. The number of aromatic nitrogens is 3. The number of hydrogen-bond acceptors (Lipinski definition) is 5. The van der Waals surface area contributed by atoms with Gasteiger partial charge in [-0.1, -0.05) is 43.7 Å². The van der Waals surface area contributed by atoms with Crippen molar-refractivity contribution in [2.24, 2.45) is 0 Å². The number of nitrogen functional groups attached to an aromatic ring is 1. The molecule has 0 aliphatic heterocycles. The summed E-state index contributed by atoms with van der Waals surface area (Å²) in [4.78, 5) is 41.9. The van der Waals surface area contributed by atoms with Crippen molar-refractivity contribution in [3.8, 4) is 5.75 Å². The van der Waals surface area contributed by atoms with Gasteiger partial charge in [0.25, 0.3) is 11.5 Å². The minimum Gasteiger partial charge on any atom is -0.503 e. The van der Waals surface area contributed by atoms with Crippen LogP contribution in [0.1, 0.15) is 25.3 Å². The lowest BCUT2D eigenvalue weighted by Crippen LogP contribution is -2.48. The Hall–Kier alpha value is -3.88. The molecular weight excluding hydrogens is 398 g/mol. The Balaban J connectivity index is 2.02. The molecule has 0 spiro atoms. The molecule has 0 saturated carbocycles. The van der Waals surface area contributed by atoms with Crippen LogP contribution in [0, 0.1) is 0 Å². The molecule has 162 valence electrons. The molecule has 0 saturated heterocycles. The number of carbonyl (C=O) groups excluding carboxylic acids is 1. The van der Waals surface area contributed by atoms with Crippen molar-refractivity contribution in [3.05, 3.63) is 81.3 Å². The summed E-state index contributed by atoms with van der Waals surface area (Å²) in [6.45, 7) is 2.29. The van der Waals surface area contributed by atoms with Crippen molar-refractivity contribution in [1.29, 1.82) is 0 Å². The Morgan fingerprint density at radius 3 is 2.61 bits per heavy atom. The normalized spacial score (nSPS) is 10.7. The van der Waals surface area contributed by atoms with Crippen molar-refractivity contribution in [2.75, 3.05) is 17.2 Å². The maximum absolute atomic E-state index is 13.1. The molecule has 3 rings (SSSR count). The van der Waals surface area contributed by atoms with Crippen LogP contribution in [-0.2, 0) is 17.9 Å². The largest absolute Gasteiger partial charge is 0.503 e. The first-order chi connectivity index (χ1) is 14.9. The Bertz CT molecular complexity index is 1170. The molecule has 0 atom stereocenters. The van der Waals surface area contributed by atoms with Crippen LogP contribution in [0.25, 0.3) is 0 Å². The third kappa shape index (κ3) is 5.19. The monoisotopic (exact) mass is 424 g/mol. The number of rotatable bonds is 8. The lowest BCUT2D eigenvalue weighted by atomic mass is 10.2. The summed E-state index contributed by atoms with van der Waals surface area (Å²) in [6, 6.07) is 12.3. The SMILES string of the molecule is CCCCN(C(=O)C[n+]1cccc(O)c1)c1c(N)n(Cc2ccccc2)c(=O)[nH]c1=O. The molecule has 9 heteroatoms. The highest BCUT2D eigenvalue weighted by Crippen LogP contribution is 2.19. The van der Waals surface area contributed by atoms with Gasteiger partial charge in [0, 0.05) is 12.6 Å². The number of H-pyrrole nitrogens is 1. The average molecular weight is 424 g/mol. The van der Waals surface area contributed by atoms with Gasteiger partial charge in [-0.15, -0.1) is 0 Å². The lowest BCUT2D eigenvalue weighted by Gasteiger charge is -2.23. The van der Waals surface area contributed by atoms with Crippen molar-refractivity contribution in [3.63, 3.8) is 0 Å². The van der Waals surface area contributed by atoms with Crippen molar-refractivity contribution < 1.29 is 14.5 Å². The number of benzene rings is 1. The van der Waals surface area contributed by atoms with Crippen LogP contribution < -0.4 is 26.4 Å². The summed E-state index contributed by atoms with van der Waals surface area (Å²) >= 11 is 0. The summed E-state index contributed by atoms with van der Waals surface area (Å²) in [7, 11) is 0. The summed E-state index contributed by atoms with van der Waals surface area (Å²) in [5, 5.41) is 9.66. The molecule has 9 nitrogen and oxygen atoms in total. The van der Waals surface area contributed by atoms with E-state index in [0.717, 1.165) is 12.0 Å². The van der Waals surface area contributed by atoms with Gasteiger partial charge < -0.3 is 10.8 Å². The van der Waals surface area contributed by atoms with Gasteiger partial charge in [0.05, 0.1) is 6.54 Å². The van der Waals surface area contributed by atoms with E-state index in [2.05, 4.69) is 4.98 Å². The van der Waals surface area contributed by atoms with Gasteiger partial charge in [0.15, 0.2) is 17.6 Å². The summed E-state index contributed by atoms with van der Waals surface area (Å²) in [6.07, 6.45) is 4.50. The molecule has 0 fully saturated rings. The molecule has 2 heterocycles. The van der Waals surface area contributed by atoms with E-state index in [4.69, 9.17) is 5.73 Å². The van der Waals surface area contributed by atoms with E-state index in [1.54, 1.807) is 12.3 Å². The van der Waals surface area contributed by atoms with Crippen LogP contribution in [0.2, 0.25) is 0 Å². The third-order valence-corrected chi connectivity index (χ3v) is 4.86. The predicted octanol–water partition coefficient (Wildman–Crippen LogP) is 0.993. The zero-order valence-corrected chi connectivity index (χ0v) is 17.3. The summed E-state index contributed by atoms with van der Waals surface area (Å²) < 4.78 is 2.76. The van der Waals surface area contributed by atoms with Gasteiger partial charge in [-0.25, -0.2) is 4.79 Å². The lowest BCUT2D eigenvalue weighted by molar-refractivity contribution is -0.684. The maximum Gasteiger partial charge on any atom is 0.330 e. The van der Waals surface area contributed by atoms with Crippen molar-refractivity contribution in [2.45, 2.75) is 32.9 Å². The van der Waals surface area contributed by atoms with Gasteiger partial charge in [-0.2, -0.15) is 4.57 Å². The number of hydrogen-bond donors (Lipinski definition) is 3.